The summed E-state index contributed by atoms with van der Waals surface area (Å²) in [6.07, 6.45) is 0. The molecular weight excluding hydrogens is 360 g/mol. The second-order valence-corrected chi connectivity index (χ2v) is 6.47. The van der Waals surface area contributed by atoms with Crippen molar-refractivity contribution in [1.29, 1.82) is 0 Å². The summed E-state index contributed by atoms with van der Waals surface area (Å²) in [5, 5.41) is 5.45. The number of hydrogen-bond donors (Lipinski definition) is 2. The maximum atomic E-state index is 12.6. The van der Waals surface area contributed by atoms with Crippen molar-refractivity contribution < 1.29 is 14.3 Å². The van der Waals surface area contributed by atoms with E-state index in [2.05, 4.69) is 26.6 Å². The topological polar surface area (TPSA) is 67.4 Å². The van der Waals surface area contributed by atoms with E-state index in [9.17, 15) is 9.59 Å². The highest BCUT2D eigenvalue weighted by Crippen LogP contribution is 2.34. The molecule has 1 atom stereocenters. The third-order valence-electron chi connectivity index (χ3n) is 3.65. The smallest absolute Gasteiger partial charge is 0.278 e. The first-order chi connectivity index (χ1) is 10.9. The number of fused-ring (bicyclic) bond motifs is 1. The number of rotatable bonds is 2. The number of halogens is 1. The maximum absolute atomic E-state index is 12.6. The first-order valence-electron chi connectivity index (χ1n) is 7.06. The van der Waals surface area contributed by atoms with Crippen molar-refractivity contribution in [3.63, 3.8) is 0 Å². The van der Waals surface area contributed by atoms with E-state index in [1.807, 2.05) is 19.1 Å². The largest absolute Gasteiger partial charge is 0.466 e. The molecule has 0 radical (unpaired) electrons. The lowest BCUT2D eigenvalue weighted by atomic mass is 10.0. The van der Waals surface area contributed by atoms with Crippen LogP contribution in [0.4, 0.5) is 11.4 Å². The number of ether oxygens (including phenoxy) is 1. The number of carbonyl (C=O) groups is 2. The zero-order chi connectivity index (χ0) is 16.6. The lowest BCUT2D eigenvalue weighted by Gasteiger charge is -2.33. The number of carbonyl (C=O) groups excluding carboxylic acids is 2. The number of hydrogen-bond acceptors (Lipinski definition) is 3. The van der Waals surface area contributed by atoms with Gasteiger partial charge in [-0.2, -0.15) is 0 Å². The molecule has 3 rings (SSSR count). The molecule has 2 aromatic carbocycles. The highest BCUT2D eigenvalue weighted by Gasteiger charge is 2.47. The monoisotopic (exact) mass is 374 g/mol. The van der Waals surface area contributed by atoms with E-state index in [0.717, 1.165) is 10.0 Å². The van der Waals surface area contributed by atoms with Crippen LogP contribution in [0.15, 0.2) is 46.9 Å². The minimum atomic E-state index is -1.63. The van der Waals surface area contributed by atoms with Gasteiger partial charge in [0, 0.05) is 10.2 Å². The van der Waals surface area contributed by atoms with Crippen molar-refractivity contribution in [1.82, 2.24) is 0 Å². The summed E-state index contributed by atoms with van der Waals surface area (Å²) in [4.78, 5) is 25.0. The van der Waals surface area contributed by atoms with Crippen LogP contribution in [0.1, 0.15) is 12.5 Å². The molecule has 0 bridgehead atoms. The molecule has 23 heavy (non-hydrogen) atoms. The second kappa shape index (κ2) is 5.70. The van der Waals surface area contributed by atoms with E-state index in [1.54, 1.807) is 30.3 Å². The van der Waals surface area contributed by atoms with Crippen LogP contribution in [0.3, 0.4) is 0 Å². The highest BCUT2D eigenvalue weighted by atomic mass is 79.9. The SMILES string of the molecule is Cc1ccc2c(c1)NC(=O)C(C)(C(=O)Nc1cccc(Br)c1)O2. The van der Waals surface area contributed by atoms with Gasteiger partial charge in [0.05, 0.1) is 5.69 Å². The maximum Gasteiger partial charge on any atom is 0.278 e. The fraction of sp³-hybridized carbons (Fsp3) is 0.176. The van der Waals surface area contributed by atoms with Crippen molar-refractivity contribution in [2.45, 2.75) is 19.4 Å². The second-order valence-electron chi connectivity index (χ2n) is 5.55. The van der Waals surface area contributed by atoms with Crippen LogP contribution in [0.25, 0.3) is 0 Å². The van der Waals surface area contributed by atoms with Gasteiger partial charge in [-0.15, -0.1) is 0 Å². The van der Waals surface area contributed by atoms with E-state index in [-0.39, 0.29) is 0 Å². The van der Waals surface area contributed by atoms with Crippen LogP contribution in [0, 0.1) is 6.92 Å². The molecule has 1 heterocycles. The Morgan fingerprint density at radius 3 is 2.78 bits per heavy atom. The Morgan fingerprint density at radius 2 is 2.04 bits per heavy atom. The number of amides is 2. The van der Waals surface area contributed by atoms with Crippen LogP contribution in [-0.4, -0.2) is 17.4 Å². The van der Waals surface area contributed by atoms with Crippen molar-refractivity contribution in [3.05, 3.63) is 52.5 Å². The van der Waals surface area contributed by atoms with Crippen LogP contribution in [-0.2, 0) is 9.59 Å². The molecule has 118 valence electrons. The Hall–Kier alpha value is -2.34. The zero-order valence-corrected chi connectivity index (χ0v) is 14.2. The van der Waals surface area contributed by atoms with E-state index in [1.165, 1.54) is 6.92 Å². The number of nitrogens with one attached hydrogen (secondary N) is 2. The van der Waals surface area contributed by atoms with Crippen molar-refractivity contribution in [2.24, 2.45) is 0 Å². The van der Waals surface area contributed by atoms with Gasteiger partial charge in [-0.1, -0.05) is 28.1 Å². The van der Waals surface area contributed by atoms with E-state index < -0.39 is 17.4 Å². The van der Waals surface area contributed by atoms with Crippen LogP contribution < -0.4 is 15.4 Å². The molecule has 2 N–H and O–H groups in total. The van der Waals surface area contributed by atoms with E-state index in [4.69, 9.17) is 4.74 Å². The minimum absolute atomic E-state index is 0.474. The lowest BCUT2D eigenvalue weighted by Crippen LogP contribution is -2.56. The molecule has 5 nitrogen and oxygen atoms in total. The summed E-state index contributed by atoms with van der Waals surface area (Å²) in [5.74, 6) is -0.551. The predicted octanol–water partition coefficient (Wildman–Crippen LogP) is 3.49. The Bertz CT molecular complexity index is 806. The van der Waals surface area contributed by atoms with Crippen molar-refractivity contribution >= 4 is 39.1 Å². The normalized spacial score (nSPS) is 19.3. The average Bonchev–Trinajstić information content (AvgIpc) is 2.49. The van der Waals surface area contributed by atoms with Crippen LogP contribution >= 0.6 is 15.9 Å². The number of benzene rings is 2. The predicted molar refractivity (Wildman–Crippen MR) is 91.6 cm³/mol. The number of anilines is 2. The van der Waals surface area contributed by atoms with Crippen LogP contribution in [0.5, 0.6) is 5.75 Å². The highest BCUT2D eigenvalue weighted by molar-refractivity contribution is 9.10. The molecule has 0 aliphatic carbocycles. The summed E-state index contributed by atoms with van der Waals surface area (Å²) in [6, 6.07) is 12.5. The quantitative estimate of drug-likeness (QED) is 0.790. The van der Waals surface area contributed by atoms with E-state index in [0.29, 0.717) is 17.1 Å². The molecule has 1 aliphatic rings. The summed E-state index contributed by atoms with van der Waals surface area (Å²) >= 11 is 3.34. The molecule has 1 aliphatic heterocycles. The Kier molecular flexibility index (Phi) is 3.85. The molecule has 1 unspecified atom stereocenters. The zero-order valence-electron chi connectivity index (χ0n) is 12.6. The molecular formula is C17H15BrN2O3. The molecule has 0 saturated carbocycles. The van der Waals surface area contributed by atoms with Gasteiger partial charge >= 0.3 is 0 Å². The summed E-state index contributed by atoms with van der Waals surface area (Å²) < 4.78 is 6.54. The summed E-state index contributed by atoms with van der Waals surface area (Å²) in [5.41, 5.74) is 0.513. The van der Waals surface area contributed by atoms with Gasteiger partial charge in [0.1, 0.15) is 5.75 Å². The average molecular weight is 375 g/mol. The Balaban J connectivity index is 1.87. The van der Waals surface area contributed by atoms with Gasteiger partial charge in [0.2, 0.25) is 0 Å². The molecule has 0 fully saturated rings. The van der Waals surface area contributed by atoms with Gasteiger partial charge in [-0.3, -0.25) is 9.59 Å². The first-order valence-corrected chi connectivity index (χ1v) is 7.86. The summed E-state index contributed by atoms with van der Waals surface area (Å²) in [6.45, 7) is 3.37. The lowest BCUT2D eigenvalue weighted by molar-refractivity contribution is -0.143. The molecule has 0 saturated heterocycles. The van der Waals surface area contributed by atoms with Crippen molar-refractivity contribution in [2.75, 3.05) is 10.6 Å². The molecule has 2 amide bonds. The molecule has 0 aromatic heterocycles. The fourth-order valence-corrected chi connectivity index (χ4v) is 2.70. The van der Waals surface area contributed by atoms with Gasteiger partial charge in [0.25, 0.3) is 17.4 Å². The third kappa shape index (κ3) is 2.94. The van der Waals surface area contributed by atoms with Gasteiger partial charge in [0.15, 0.2) is 0 Å². The number of aryl methyl sites for hydroxylation is 1. The van der Waals surface area contributed by atoms with Gasteiger partial charge in [-0.25, -0.2) is 0 Å². The molecule has 6 heteroatoms. The van der Waals surface area contributed by atoms with Gasteiger partial charge < -0.3 is 15.4 Å². The Morgan fingerprint density at radius 1 is 1.26 bits per heavy atom. The summed E-state index contributed by atoms with van der Waals surface area (Å²) in [7, 11) is 0. The van der Waals surface area contributed by atoms with E-state index >= 15 is 0 Å². The third-order valence-corrected chi connectivity index (χ3v) is 4.14. The standard InChI is InChI=1S/C17H15BrN2O3/c1-10-6-7-14-13(8-10)20-16(22)17(2,23-14)15(21)19-12-5-3-4-11(18)9-12/h3-9H,1-2H3,(H,19,21)(H,20,22). The van der Waals surface area contributed by atoms with Crippen molar-refractivity contribution in [3.8, 4) is 5.75 Å². The van der Waals surface area contributed by atoms with Gasteiger partial charge in [-0.05, 0) is 49.7 Å². The van der Waals surface area contributed by atoms with Crippen LogP contribution in [0.2, 0.25) is 0 Å². The Labute approximate surface area is 142 Å². The fourth-order valence-electron chi connectivity index (χ4n) is 2.30. The molecule has 2 aromatic rings. The minimum Gasteiger partial charge on any atom is -0.466 e. The molecule has 0 spiro atoms. The first kappa shape index (κ1) is 15.6.